The predicted molar refractivity (Wildman–Crippen MR) is 95.1 cm³/mol. The molecular weight excluding hydrogens is 318 g/mol. The minimum atomic E-state index is -0.679. The Hall–Kier alpha value is -3.12. The molecule has 0 radical (unpaired) electrons. The van der Waals surface area contributed by atoms with Gasteiger partial charge in [0.1, 0.15) is 11.6 Å². The number of ether oxygens (including phenoxy) is 1. The molecule has 6 nitrogen and oxygen atoms in total. The number of aromatic amines is 1. The monoisotopic (exact) mass is 337 g/mol. The molecule has 0 aliphatic rings. The van der Waals surface area contributed by atoms with Crippen LogP contribution in [0, 0.1) is 0 Å². The van der Waals surface area contributed by atoms with E-state index in [1.807, 2.05) is 24.3 Å². The van der Waals surface area contributed by atoms with Crippen molar-refractivity contribution in [1.29, 1.82) is 0 Å². The number of benzene rings is 2. The Balaban J connectivity index is 1.66. The molecule has 0 saturated carbocycles. The van der Waals surface area contributed by atoms with Gasteiger partial charge in [-0.1, -0.05) is 24.3 Å². The standard InChI is InChI=1S/C19H19N3O3/c1-13(25-17-7-2-4-14(10-17)12-23)19(24)22-16-6-3-5-15(11-16)18-20-8-9-21-18/h2-11,13,23H,12H2,1H3,(H,20,21)(H,22,24). The molecule has 3 N–H and O–H groups in total. The molecule has 6 heteroatoms. The number of imidazole rings is 1. The van der Waals surface area contributed by atoms with Gasteiger partial charge < -0.3 is 20.1 Å². The normalized spacial score (nSPS) is 11.8. The average Bonchev–Trinajstić information content (AvgIpc) is 3.17. The Morgan fingerprint density at radius 3 is 2.88 bits per heavy atom. The molecule has 1 amide bonds. The van der Waals surface area contributed by atoms with Crippen LogP contribution in [0.4, 0.5) is 5.69 Å². The van der Waals surface area contributed by atoms with E-state index in [0.29, 0.717) is 11.4 Å². The first-order valence-corrected chi connectivity index (χ1v) is 7.93. The topological polar surface area (TPSA) is 87.2 Å². The van der Waals surface area contributed by atoms with E-state index in [0.717, 1.165) is 17.0 Å². The summed E-state index contributed by atoms with van der Waals surface area (Å²) < 4.78 is 5.65. The summed E-state index contributed by atoms with van der Waals surface area (Å²) in [6.07, 6.45) is 2.75. The molecule has 0 saturated heterocycles. The molecule has 2 aromatic carbocycles. The SMILES string of the molecule is CC(Oc1cccc(CO)c1)C(=O)Nc1cccc(-c2ncc[nH]2)c1. The molecule has 1 heterocycles. The Kier molecular flexibility index (Phi) is 5.11. The molecule has 0 spiro atoms. The quantitative estimate of drug-likeness (QED) is 0.645. The maximum Gasteiger partial charge on any atom is 0.265 e. The van der Waals surface area contributed by atoms with Gasteiger partial charge in [-0.3, -0.25) is 4.79 Å². The van der Waals surface area contributed by atoms with Crippen LogP contribution in [0.3, 0.4) is 0 Å². The van der Waals surface area contributed by atoms with Gasteiger partial charge in [-0.25, -0.2) is 4.98 Å². The summed E-state index contributed by atoms with van der Waals surface area (Å²) in [6.45, 7) is 1.61. The van der Waals surface area contributed by atoms with Crippen molar-refractivity contribution in [2.45, 2.75) is 19.6 Å². The smallest absolute Gasteiger partial charge is 0.265 e. The molecule has 0 bridgehead atoms. The first-order valence-electron chi connectivity index (χ1n) is 7.93. The summed E-state index contributed by atoms with van der Waals surface area (Å²) in [5, 5.41) is 12.0. The third kappa shape index (κ3) is 4.24. The molecule has 0 fully saturated rings. The second kappa shape index (κ2) is 7.63. The molecule has 0 aliphatic heterocycles. The number of rotatable bonds is 6. The van der Waals surface area contributed by atoms with Crippen LogP contribution in [0.1, 0.15) is 12.5 Å². The summed E-state index contributed by atoms with van der Waals surface area (Å²) in [4.78, 5) is 19.6. The third-order valence-corrected chi connectivity index (χ3v) is 3.66. The third-order valence-electron chi connectivity index (χ3n) is 3.66. The summed E-state index contributed by atoms with van der Waals surface area (Å²) >= 11 is 0. The van der Waals surface area contributed by atoms with Gasteiger partial charge in [0.25, 0.3) is 5.91 Å². The van der Waals surface area contributed by atoms with Crippen molar-refractivity contribution in [1.82, 2.24) is 9.97 Å². The van der Waals surface area contributed by atoms with Crippen molar-refractivity contribution in [3.63, 3.8) is 0 Å². The highest BCUT2D eigenvalue weighted by atomic mass is 16.5. The molecule has 1 unspecified atom stereocenters. The van der Waals surface area contributed by atoms with E-state index in [9.17, 15) is 4.79 Å². The average molecular weight is 337 g/mol. The van der Waals surface area contributed by atoms with Crippen molar-refractivity contribution < 1.29 is 14.6 Å². The summed E-state index contributed by atoms with van der Waals surface area (Å²) in [5.74, 6) is 1.02. The van der Waals surface area contributed by atoms with Crippen molar-refractivity contribution in [3.8, 4) is 17.1 Å². The zero-order valence-corrected chi connectivity index (χ0v) is 13.8. The lowest BCUT2D eigenvalue weighted by molar-refractivity contribution is -0.122. The lowest BCUT2D eigenvalue weighted by Crippen LogP contribution is -2.30. The Bertz CT molecular complexity index is 847. The van der Waals surface area contributed by atoms with E-state index < -0.39 is 6.10 Å². The van der Waals surface area contributed by atoms with Crippen LogP contribution in [-0.4, -0.2) is 27.1 Å². The number of nitrogens with zero attached hydrogens (tertiary/aromatic N) is 1. The van der Waals surface area contributed by atoms with Crippen LogP contribution in [0.15, 0.2) is 60.9 Å². The number of H-pyrrole nitrogens is 1. The Morgan fingerprint density at radius 2 is 2.12 bits per heavy atom. The number of hydrogen-bond acceptors (Lipinski definition) is 4. The largest absolute Gasteiger partial charge is 0.481 e. The maximum atomic E-state index is 12.4. The molecule has 1 aromatic heterocycles. The highest BCUT2D eigenvalue weighted by Crippen LogP contribution is 2.20. The second-order valence-corrected chi connectivity index (χ2v) is 5.57. The summed E-state index contributed by atoms with van der Waals surface area (Å²) in [7, 11) is 0. The first-order chi connectivity index (χ1) is 12.2. The van der Waals surface area contributed by atoms with E-state index in [4.69, 9.17) is 9.84 Å². The van der Waals surface area contributed by atoms with Gasteiger partial charge in [0.15, 0.2) is 6.10 Å². The number of anilines is 1. The van der Waals surface area contributed by atoms with Gasteiger partial charge in [-0.2, -0.15) is 0 Å². The van der Waals surface area contributed by atoms with Crippen LogP contribution in [-0.2, 0) is 11.4 Å². The number of amides is 1. The fourth-order valence-corrected chi connectivity index (χ4v) is 2.39. The molecular formula is C19H19N3O3. The Labute approximate surface area is 145 Å². The first kappa shape index (κ1) is 16.7. The van der Waals surface area contributed by atoms with Gasteiger partial charge >= 0.3 is 0 Å². The molecule has 3 rings (SSSR count). The molecule has 25 heavy (non-hydrogen) atoms. The molecule has 0 aliphatic carbocycles. The van der Waals surface area contributed by atoms with Crippen LogP contribution >= 0.6 is 0 Å². The van der Waals surface area contributed by atoms with Crippen molar-refractivity contribution in [2.24, 2.45) is 0 Å². The van der Waals surface area contributed by atoms with Gasteiger partial charge in [0.2, 0.25) is 0 Å². The number of nitrogens with one attached hydrogen (secondary N) is 2. The summed E-state index contributed by atoms with van der Waals surface area (Å²) in [6, 6.07) is 14.4. The minimum absolute atomic E-state index is 0.0721. The highest BCUT2D eigenvalue weighted by molar-refractivity contribution is 5.94. The van der Waals surface area contributed by atoms with Crippen LogP contribution in [0.2, 0.25) is 0 Å². The number of hydrogen-bond donors (Lipinski definition) is 3. The Morgan fingerprint density at radius 1 is 1.28 bits per heavy atom. The molecule has 1 atom stereocenters. The lowest BCUT2D eigenvalue weighted by Gasteiger charge is -2.15. The van der Waals surface area contributed by atoms with Crippen LogP contribution in [0.5, 0.6) is 5.75 Å². The second-order valence-electron chi connectivity index (χ2n) is 5.57. The van der Waals surface area contributed by atoms with Crippen LogP contribution < -0.4 is 10.1 Å². The number of aliphatic hydroxyl groups excluding tert-OH is 1. The van der Waals surface area contributed by atoms with Gasteiger partial charge in [-0.05, 0) is 36.8 Å². The van der Waals surface area contributed by atoms with Gasteiger partial charge in [0, 0.05) is 23.6 Å². The van der Waals surface area contributed by atoms with Crippen molar-refractivity contribution in [2.75, 3.05) is 5.32 Å². The fourth-order valence-electron chi connectivity index (χ4n) is 2.39. The van der Waals surface area contributed by atoms with E-state index >= 15 is 0 Å². The van der Waals surface area contributed by atoms with E-state index in [2.05, 4.69) is 15.3 Å². The van der Waals surface area contributed by atoms with E-state index in [-0.39, 0.29) is 12.5 Å². The fraction of sp³-hybridized carbons (Fsp3) is 0.158. The van der Waals surface area contributed by atoms with E-state index in [1.165, 1.54) is 0 Å². The number of carbonyl (C=O) groups excluding carboxylic acids is 1. The zero-order valence-electron chi connectivity index (χ0n) is 13.8. The number of aliphatic hydroxyl groups is 1. The predicted octanol–water partition coefficient (Wildman–Crippen LogP) is 2.98. The summed E-state index contributed by atoms with van der Waals surface area (Å²) in [5.41, 5.74) is 2.28. The molecule has 3 aromatic rings. The lowest BCUT2D eigenvalue weighted by atomic mass is 10.2. The van der Waals surface area contributed by atoms with Gasteiger partial charge in [0.05, 0.1) is 6.61 Å². The maximum absolute atomic E-state index is 12.4. The van der Waals surface area contributed by atoms with Crippen molar-refractivity contribution in [3.05, 3.63) is 66.5 Å². The molecule has 128 valence electrons. The number of aromatic nitrogens is 2. The van der Waals surface area contributed by atoms with E-state index in [1.54, 1.807) is 43.6 Å². The number of carbonyl (C=O) groups is 1. The highest BCUT2D eigenvalue weighted by Gasteiger charge is 2.15. The van der Waals surface area contributed by atoms with Crippen LogP contribution in [0.25, 0.3) is 11.4 Å². The van der Waals surface area contributed by atoms with Crippen molar-refractivity contribution >= 4 is 11.6 Å². The van der Waals surface area contributed by atoms with Gasteiger partial charge in [-0.15, -0.1) is 0 Å². The zero-order chi connectivity index (χ0) is 17.6. The minimum Gasteiger partial charge on any atom is -0.481 e.